The lowest BCUT2D eigenvalue weighted by Crippen LogP contribution is -2.56. The van der Waals surface area contributed by atoms with Gasteiger partial charge in [-0.15, -0.1) is 0 Å². The molecule has 2 aromatic carbocycles. The second-order valence-electron chi connectivity index (χ2n) is 8.78. The molecule has 0 aliphatic heterocycles. The van der Waals surface area contributed by atoms with Crippen molar-refractivity contribution in [1.82, 2.24) is 0 Å². The first-order chi connectivity index (χ1) is 16.6. The van der Waals surface area contributed by atoms with Crippen molar-refractivity contribution in [3.63, 3.8) is 0 Å². The smallest absolute Gasteiger partial charge is 0.369 e. The average Bonchev–Trinajstić information content (AvgIpc) is 3.57. The van der Waals surface area contributed by atoms with Gasteiger partial charge in [-0.1, -0.05) is 43.3 Å². The van der Waals surface area contributed by atoms with Crippen molar-refractivity contribution in [3.05, 3.63) is 65.2 Å². The summed E-state index contributed by atoms with van der Waals surface area (Å²) in [6.45, 7) is 0.585. The molecule has 1 unspecified atom stereocenters. The van der Waals surface area contributed by atoms with Crippen LogP contribution in [0.4, 0.5) is 26.3 Å². The monoisotopic (exact) mass is 537 g/mol. The van der Waals surface area contributed by atoms with E-state index >= 15 is 0 Å². The van der Waals surface area contributed by atoms with Crippen LogP contribution in [0.15, 0.2) is 53.4 Å². The Morgan fingerprint density at radius 3 is 1.81 bits per heavy atom. The highest BCUT2D eigenvalue weighted by atomic mass is 32.2. The molecule has 1 amide bonds. The van der Waals surface area contributed by atoms with Crippen LogP contribution in [0.25, 0.3) is 0 Å². The number of hydrogen-bond acceptors (Lipinski definition) is 4. The lowest BCUT2D eigenvalue weighted by Gasteiger charge is -2.37. The maximum absolute atomic E-state index is 13.8. The fourth-order valence-electron chi connectivity index (χ4n) is 3.98. The number of hydrogen-bond donors (Lipinski definition) is 1. The van der Waals surface area contributed by atoms with Gasteiger partial charge in [0.1, 0.15) is 0 Å². The summed E-state index contributed by atoms with van der Waals surface area (Å²) >= 11 is 0. The van der Waals surface area contributed by atoms with Gasteiger partial charge < -0.3 is 10.5 Å². The van der Waals surface area contributed by atoms with E-state index in [1.165, 1.54) is 31.2 Å². The van der Waals surface area contributed by atoms with Gasteiger partial charge in [0.05, 0.1) is 16.6 Å². The number of halogens is 6. The summed E-state index contributed by atoms with van der Waals surface area (Å²) in [5, 5.41) is 0. The number of amides is 1. The van der Waals surface area contributed by atoms with Crippen LogP contribution < -0.4 is 5.73 Å². The summed E-state index contributed by atoms with van der Waals surface area (Å²) in [6, 6.07) is 8.41. The topological polar surface area (TPSA) is 86.5 Å². The number of ether oxygens (including phenoxy) is 1. The summed E-state index contributed by atoms with van der Waals surface area (Å²) in [5.74, 6) is -2.03. The Morgan fingerprint density at radius 1 is 0.944 bits per heavy atom. The molecule has 1 atom stereocenters. The molecule has 3 rings (SSSR count). The quantitative estimate of drug-likeness (QED) is 0.421. The van der Waals surface area contributed by atoms with Gasteiger partial charge in [0.25, 0.3) is 5.60 Å². The van der Waals surface area contributed by atoms with Crippen molar-refractivity contribution in [2.45, 2.75) is 55.0 Å². The van der Waals surface area contributed by atoms with Crippen molar-refractivity contribution in [2.75, 3.05) is 12.4 Å². The third kappa shape index (κ3) is 5.54. The second-order valence-corrected chi connectivity index (χ2v) is 10.8. The summed E-state index contributed by atoms with van der Waals surface area (Å²) in [4.78, 5) is 12.2. The number of rotatable bonds is 10. The van der Waals surface area contributed by atoms with E-state index in [0.29, 0.717) is 12.1 Å². The van der Waals surface area contributed by atoms with Gasteiger partial charge in [0.2, 0.25) is 5.91 Å². The number of sulfone groups is 1. The van der Waals surface area contributed by atoms with Crippen LogP contribution in [0.5, 0.6) is 0 Å². The molecular weight excluding hydrogens is 512 g/mol. The Morgan fingerprint density at radius 2 is 1.42 bits per heavy atom. The first-order valence-corrected chi connectivity index (χ1v) is 12.8. The minimum Gasteiger partial charge on any atom is -0.369 e. The molecule has 2 N–H and O–H groups in total. The Kier molecular flexibility index (Phi) is 7.81. The van der Waals surface area contributed by atoms with Gasteiger partial charge in [0.15, 0.2) is 9.84 Å². The van der Waals surface area contributed by atoms with Crippen molar-refractivity contribution in [2.24, 2.45) is 11.7 Å². The number of carbonyl (C=O) groups is 1. The van der Waals surface area contributed by atoms with Crippen LogP contribution in [0, 0.1) is 5.92 Å². The molecule has 0 bridgehead atoms. The molecule has 0 heterocycles. The van der Waals surface area contributed by atoms with Gasteiger partial charge in [-0.3, -0.25) is 4.79 Å². The number of primary amides is 1. The Balaban J connectivity index is 1.98. The molecule has 0 saturated heterocycles. The van der Waals surface area contributed by atoms with Gasteiger partial charge in [-0.05, 0) is 48.4 Å². The number of carbonyl (C=O) groups excluding carboxylic acids is 1. The van der Waals surface area contributed by atoms with Gasteiger partial charge >= 0.3 is 12.4 Å². The number of benzene rings is 2. The molecule has 0 radical (unpaired) electrons. The molecule has 1 aliphatic rings. The Labute approximate surface area is 204 Å². The van der Waals surface area contributed by atoms with Crippen molar-refractivity contribution in [3.8, 4) is 0 Å². The number of nitrogens with two attached hydrogens (primary N) is 1. The maximum Gasteiger partial charge on any atom is 0.430 e. The van der Waals surface area contributed by atoms with Crippen molar-refractivity contribution < 1.29 is 44.3 Å². The molecule has 1 aliphatic carbocycles. The zero-order valence-corrected chi connectivity index (χ0v) is 20.0. The first kappa shape index (κ1) is 28.0. The van der Waals surface area contributed by atoms with E-state index in [4.69, 9.17) is 5.73 Å². The standard InChI is InChI=1S/C24H25F6NO4S/c1-2-13-35-22(23(25,26)27,24(28,29)30)18-9-5-16(6-10-18)20(21(31)32)17-7-11-19(12-8-17)36(33,34)14-15-3-4-15/h5-12,15,20H,2-4,13-14H2,1H3,(H2,31,32). The van der Waals surface area contributed by atoms with Gasteiger partial charge in [0, 0.05) is 12.2 Å². The summed E-state index contributed by atoms with van der Waals surface area (Å²) in [5.41, 5.74) is 0.0199. The normalized spacial score (nSPS) is 16.1. The molecule has 1 fully saturated rings. The Hall–Kier alpha value is -2.60. The summed E-state index contributed by atoms with van der Waals surface area (Å²) < 4.78 is 112. The van der Waals surface area contributed by atoms with Crippen LogP contribution in [-0.4, -0.2) is 39.0 Å². The van der Waals surface area contributed by atoms with Crippen LogP contribution in [-0.2, 0) is 25.0 Å². The van der Waals surface area contributed by atoms with E-state index in [-0.39, 0.29) is 34.1 Å². The minimum absolute atomic E-state index is 0.00726. The number of alkyl halides is 6. The largest absolute Gasteiger partial charge is 0.430 e. The fraction of sp³-hybridized carbons (Fsp3) is 0.458. The molecule has 0 spiro atoms. The lowest BCUT2D eigenvalue weighted by molar-refractivity contribution is -0.389. The van der Waals surface area contributed by atoms with E-state index in [1.807, 2.05) is 0 Å². The van der Waals surface area contributed by atoms with E-state index < -0.39 is 51.8 Å². The van der Waals surface area contributed by atoms with Gasteiger partial charge in [-0.25, -0.2) is 8.42 Å². The van der Waals surface area contributed by atoms with Crippen molar-refractivity contribution >= 4 is 15.7 Å². The van der Waals surface area contributed by atoms with E-state index in [1.54, 1.807) is 0 Å². The van der Waals surface area contributed by atoms with E-state index in [2.05, 4.69) is 4.74 Å². The van der Waals surface area contributed by atoms with Crippen molar-refractivity contribution in [1.29, 1.82) is 0 Å². The molecule has 36 heavy (non-hydrogen) atoms. The minimum atomic E-state index is -5.81. The highest BCUT2D eigenvalue weighted by Gasteiger charge is 2.73. The van der Waals surface area contributed by atoms with Crippen LogP contribution in [0.3, 0.4) is 0 Å². The first-order valence-electron chi connectivity index (χ1n) is 11.1. The predicted molar refractivity (Wildman–Crippen MR) is 119 cm³/mol. The fourth-order valence-corrected chi connectivity index (χ4v) is 5.68. The zero-order chi connectivity index (χ0) is 26.9. The highest BCUT2D eigenvalue weighted by molar-refractivity contribution is 7.91. The van der Waals surface area contributed by atoms with Crippen LogP contribution in [0.1, 0.15) is 48.8 Å². The van der Waals surface area contributed by atoms with Gasteiger partial charge in [-0.2, -0.15) is 26.3 Å². The lowest BCUT2D eigenvalue weighted by atomic mass is 9.86. The molecule has 0 aromatic heterocycles. The third-order valence-corrected chi connectivity index (χ3v) is 7.88. The van der Waals surface area contributed by atoms with E-state index in [9.17, 15) is 39.6 Å². The molecule has 2 aromatic rings. The molecule has 5 nitrogen and oxygen atoms in total. The second kappa shape index (κ2) is 10.0. The summed E-state index contributed by atoms with van der Waals surface area (Å²) in [7, 11) is -3.53. The third-order valence-electron chi connectivity index (χ3n) is 5.98. The average molecular weight is 538 g/mol. The Bertz CT molecular complexity index is 1160. The molecular formula is C24H25F6NO4S. The molecule has 12 heteroatoms. The zero-order valence-electron chi connectivity index (χ0n) is 19.2. The molecule has 1 saturated carbocycles. The van der Waals surface area contributed by atoms with Crippen LogP contribution >= 0.6 is 0 Å². The highest BCUT2D eigenvalue weighted by Crippen LogP contribution is 2.53. The van der Waals surface area contributed by atoms with E-state index in [0.717, 1.165) is 25.0 Å². The predicted octanol–water partition coefficient (Wildman–Crippen LogP) is 5.23. The summed E-state index contributed by atoms with van der Waals surface area (Å²) in [6.07, 6.45) is -10.0. The molecule has 198 valence electrons. The SMILES string of the molecule is CCCOC(c1ccc(C(C(N)=O)c2ccc(S(=O)(=O)CC3CC3)cc2)cc1)(C(F)(F)F)C(F)(F)F. The maximum atomic E-state index is 13.8. The van der Waals surface area contributed by atoms with Crippen LogP contribution in [0.2, 0.25) is 0 Å².